The molecule has 9 nitrogen and oxygen atoms in total. The SMILES string of the molecule is CCCCCCCCCCCCCC/C=C/CC/C=C/C(O)C(COP(=O)(O)OCCN)NC(=O)CC(O)CCCCCCCCCC. The van der Waals surface area contributed by atoms with E-state index in [4.69, 9.17) is 14.8 Å². The van der Waals surface area contributed by atoms with Crippen molar-refractivity contribution in [2.45, 2.75) is 193 Å². The molecule has 0 aromatic rings. The van der Waals surface area contributed by atoms with E-state index in [0.717, 1.165) is 32.1 Å². The lowest BCUT2D eigenvalue weighted by molar-refractivity contribution is -0.124. The number of aliphatic hydroxyl groups is 2. The molecule has 0 saturated carbocycles. The van der Waals surface area contributed by atoms with Crippen LogP contribution in [-0.4, -0.2) is 59.0 Å². The van der Waals surface area contributed by atoms with E-state index in [1.54, 1.807) is 6.08 Å². The van der Waals surface area contributed by atoms with Crippen LogP contribution in [0, 0.1) is 0 Å². The van der Waals surface area contributed by atoms with Crippen molar-refractivity contribution in [3.63, 3.8) is 0 Å². The first-order chi connectivity index (χ1) is 23.3. The van der Waals surface area contributed by atoms with Crippen molar-refractivity contribution in [3.8, 4) is 0 Å². The number of phosphoric ester groups is 1. The summed E-state index contributed by atoms with van der Waals surface area (Å²) in [5.41, 5.74) is 5.34. The average Bonchev–Trinajstić information content (AvgIpc) is 3.06. The molecule has 0 aromatic carbocycles. The van der Waals surface area contributed by atoms with Gasteiger partial charge in [-0.15, -0.1) is 0 Å². The third-order valence-electron chi connectivity index (χ3n) is 8.58. The minimum absolute atomic E-state index is 0.0456. The predicted molar refractivity (Wildman–Crippen MR) is 200 cm³/mol. The first-order valence-corrected chi connectivity index (χ1v) is 21.0. The molecule has 0 spiro atoms. The minimum atomic E-state index is -4.40. The predicted octanol–water partition coefficient (Wildman–Crippen LogP) is 9.19. The third-order valence-corrected chi connectivity index (χ3v) is 9.57. The molecule has 0 heterocycles. The fourth-order valence-corrected chi connectivity index (χ4v) is 6.36. The van der Waals surface area contributed by atoms with Gasteiger partial charge in [-0.3, -0.25) is 13.8 Å². The summed E-state index contributed by atoms with van der Waals surface area (Å²) < 4.78 is 22.0. The molecule has 0 aromatic heterocycles. The van der Waals surface area contributed by atoms with Crippen LogP contribution in [0.1, 0.15) is 174 Å². The Morgan fingerprint density at radius 2 is 1.19 bits per heavy atom. The number of rotatable bonds is 36. The summed E-state index contributed by atoms with van der Waals surface area (Å²) in [5, 5.41) is 23.8. The van der Waals surface area contributed by atoms with E-state index in [2.05, 4.69) is 31.3 Å². The number of carbonyl (C=O) groups excluding carboxylic acids is 1. The lowest BCUT2D eigenvalue weighted by atomic mass is 10.0. The lowest BCUT2D eigenvalue weighted by Crippen LogP contribution is -2.46. The maximum Gasteiger partial charge on any atom is 0.472 e. The second-order valence-electron chi connectivity index (χ2n) is 13.3. The first-order valence-electron chi connectivity index (χ1n) is 19.5. The van der Waals surface area contributed by atoms with E-state index in [1.807, 2.05) is 6.08 Å². The van der Waals surface area contributed by atoms with Gasteiger partial charge in [-0.25, -0.2) is 4.57 Å². The number of allylic oxidation sites excluding steroid dienone is 3. The Morgan fingerprint density at radius 3 is 1.73 bits per heavy atom. The summed E-state index contributed by atoms with van der Waals surface area (Å²) in [6.45, 7) is 3.91. The second kappa shape index (κ2) is 34.4. The van der Waals surface area contributed by atoms with Crippen LogP contribution in [0.2, 0.25) is 0 Å². The fraction of sp³-hybridized carbons (Fsp3) is 0.868. The molecule has 48 heavy (non-hydrogen) atoms. The molecule has 4 unspecified atom stereocenters. The topological polar surface area (TPSA) is 151 Å². The molecule has 4 atom stereocenters. The van der Waals surface area contributed by atoms with Gasteiger partial charge in [0.1, 0.15) is 0 Å². The molecule has 0 radical (unpaired) electrons. The number of carbonyl (C=O) groups is 1. The van der Waals surface area contributed by atoms with Gasteiger partial charge in [0.15, 0.2) is 0 Å². The van der Waals surface area contributed by atoms with E-state index in [1.165, 1.54) is 109 Å². The first kappa shape index (κ1) is 46.9. The monoisotopic (exact) mass is 703 g/mol. The van der Waals surface area contributed by atoms with Crippen molar-refractivity contribution in [1.82, 2.24) is 5.32 Å². The molecule has 0 aliphatic heterocycles. The molecular weight excluding hydrogens is 627 g/mol. The van der Waals surface area contributed by atoms with E-state index < -0.39 is 38.6 Å². The van der Waals surface area contributed by atoms with Gasteiger partial charge in [0.2, 0.25) is 5.91 Å². The summed E-state index contributed by atoms with van der Waals surface area (Å²) in [6, 6.07) is -0.993. The van der Waals surface area contributed by atoms with Crippen LogP contribution in [0.15, 0.2) is 24.3 Å². The molecular formula is C38H75N2O7P. The normalized spacial score (nSPS) is 15.2. The van der Waals surface area contributed by atoms with Gasteiger partial charge in [-0.1, -0.05) is 160 Å². The maximum atomic E-state index is 12.7. The minimum Gasteiger partial charge on any atom is -0.393 e. The molecule has 0 saturated heterocycles. The third kappa shape index (κ3) is 32.2. The zero-order valence-electron chi connectivity index (χ0n) is 30.8. The highest BCUT2D eigenvalue weighted by Gasteiger charge is 2.27. The summed E-state index contributed by atoms with van der Waals surface area (Å²) >= 11 is 0. The van der Waals surface area contributed by atoms with E-state index in [9.17, 15) is 24.5 Å². The standard InChI is InChI=1S/C38H75N2O7P/c1-3-5-7-9-11-13-14-15-16-17-18-19-20-21-22-24-26-28-30-37(42)36(34-47-48(44,45)46-32-31-39)40-38(43)33-35(41)29-27-25-23-12-10-8-6-4-2/h21-22,28,30,35-37,41-42H,3-20,23-27,29,31-34,39H2,1-2H3,(H,40,43)(H,44,45)/b22-21+,30-28+. The quantitative estimate of drug-likeness (QED) is 0.0246. The van der Waals surface area contributed by atoms with Crippen LogP contribution < -0.4 is 11.1 Å². The van der Waals surface area contributed by atoms with Gasteiger partial charge < -0.3 is 26.2 Å². The number of nitrogens with one attached hydrogen (secondary N) is 1. The summed E-state index contributed by atoms with van der Waals surface area (Å²) in [4.78, 5) is 22.6. The molecule has 0 rings (SSSR count). The van der Waals surface area contributed by atoms with Crippen molar-refractivity contribution in [1.29, 1.82) is 0 Å². The van der Waals surface area contributed by atoms with Gasteiger partial charge >= 0.3 is 7.82 Å². The Bertz CT molecular complexity index is 827. The molecule has 0 aliphatic rings. The van der Waals surface area contributed by atoms with Crippen LogP contribution in [0.5, 0.6) is 0 Å². The summed E-state index contributed by atoms with van der Waals surface area (Å²) in [6.07, 6.45) is 34.2. The van der Waals surface area contributed by atoms with E-state index >= 15 is 0 Å². The Labute approximate surface area is 294 Å². The Balaban J connectivity index is 4.42. The largest absolute Gasteiger partial charge is 0.472 e. The number of hydrogen-bond acceptors (Lipinski definition) is 7. The zero-order valence-corrected chi connectivity index (χ0v) is 31.7. The summed E-state index contributed by atoms with van der Waals surface area (Å²) in [5.74, 6) is -0.459. The van der Waals surface area contributed by atoms with Crippen molar-refractivity contribution in [2.24, 2.45) is 5.73 Å². The number of phosphoric acid groups is 1. The van der Waals surface area contributed by atoms with Crippen LogP contribution in [0.4, 0.5) is 0 Å². The molecule has 0 aliphatic carbocycles. The van der Waals surface area contributed by atoms with Crippen LogP contribution in [0.25, 0.3) is 0 Å². The molecule has 6 N–H and O–H groups in total. The van der Waals surface area contributed by atoms with Crippen LogP contribution in [-0.2, 0) is 18.4 Å². The number of unbranched alkanes of at least 4 members (excludes halogenated alkanes) is 20. The average molecular weight is 703 g/mol. The number of nitrogens with two attached hydrogens (primary N) is 1. The number of hydrogen-bond donors (Lipinski definition) is 5. The molecule has 284 valence electrons. The van der Waals surface area contributed by atoms with Crippen molar-refractivity contribution >= 4 is 13.7 Å². The molecule has 0 fully saturated rings. The second-order valence-corrected chi connectivity index (χ2v) is 14.8. The van der Waals surface area contributed by atoms with Crippen LogP contribution >= 0.6 is 7.82 Å². The van der Waals surface area contributed by atoms with Gasteiger partial charge in [-0.05, 0) is 32.1 Å². The van der Waals surface area contributed by atoms with Gasteiger partial charge in [0, 0.05) is 6.54 Å². The molecule has 10 heteroatoms. The maximum absolute atomic E-state index is 12.7. The van der Waals surface area contributed by atoms with Crippen molar-refractivity contribution in [2.75, 3.05) is 19.8 Å². The fourth-order valence-electron chi connectivity index (χ4n) is 5.60. The highest BCUT2D eigenvalue weighted by atomic mass is 31.2. The van der Waals surface area contributed by atoms with Gasteiger partial charge in [0.25, 0.3) is 0 Å². The number of aliphatic hydroxyl groups excluding tert-OH is 2. The lowest BCUT2D eigenvalue weighted by Gasteiger charge is -2.24. The Kier molecular flexibility index (Phi) is 33.6. The zero-order chi connectivity index (χ0) is 35.6. The summed E-state index contributed by atoms with van der Waals surface area (Å²) in [7, 11) is -4.40. The molecule has 0 bridgehead atoms. The highest BCUT2D eigenvalue weighted by molar-refractivity contribution is 7.47. The van der Waals surface area contributed by atoms with Crippen molar-refractivity contribution < 1.29 is 33.5 Å². The number of amides is 1. The van der Waals surface area contributed by atoms with Crippen molar-refractivity contribution in [3.05, 3.63) is 24.3 Å². The smallest absolute Gasteiger partial charge is 0.393 e. The Hall–Kier alpha value is -1.06. The van der Waals surface area contributed by atoms with Crippen LogP contribution in [0.3, 0.4) is 0 Å². The van der Waals surface area contributed by atoms with E-state index in [0.29, 0.717) is 12.8 Å². The highest BCUT2D eigenvalue weighted by Crippen LogP contribution is 2.43. The van der Waals surface area contributed by atoms with E-state index in [-0.39, 0.29) is 19.6 Å². The molecule has 1 amide bonds. The van der Waals surface area contributed by atoms with Gasteiger partial charge in [0.05, 0.1) is 37.9 Å². The Morgan fingerprint density at radius 1 is 0.708 bits per heavy atom. The van der Waals surface area contributed by atoms with Gasteiger partial charge in [-0.2, -0.15) is 0 Å².